The molecule has 0 radical (unpaired) electrons. The molecule has 2 atom stereocenters. The van der Waals surface area contributed by atoms with Crippen LogP contribution >= 0.6 is 0 Å². The molecule has 2 aromatic rings. The first kappa shape index (κ1) is 16.8. The lowest BCUT2D eigenvalue weighted by atomic mass is 10.2. The van der Waals surface area contributed by atoms with Crippen molar-refractivity contribution in [1.29, 1.82) is 0 Å². The van der Waals surface area contributed by atoms with Gasteiger partial charge in [0.15, 0.2) is 0 Å². The molecule has 1 N–H and O–H groups in total. The Morgan fingerprint density at radius 2 is 1.71 bits per heavy atom. The van der Waals surface area contributed by atoms with Crippen molar-refractivity contribution in [3.63, 3.8) is 0 Å². The Hall–Kier alpha value is -2.04. The average Bonchev–Trinajstić information content (AvgIpc) is 3.00. The first-order chi connectivity index (χ1) is 11.7. The summed E-state index contributed by atoms with van der Waals surface area (Å²) >= 11 is 0. The second-order valence-electron chi connectivity index (χ2n) is 6.50. The van der Waals surface area contributed by atoms with E-state index >= 15 is 0 Å². The largest absolute Gasteiger partial charge is 0.491 e. The molecule has 1 heterocycles. The van der Waals surface area contributed by atoms with Crippen LogP contribution in [-0.2, 0) is 0 Å². The van der Waals surface area contributed by atoms with Gasteiger partial charge in [0.25, 0.3) is 0 Å². The molecular weight excluding hydrogens is 302 g/mol. The molecule has 3 rings (SSSR count). The maximum Gasteiger partial charge on any atom is 0.127 e. The monoisotopic (exact) mass is 327 g/mol. The molecule has 0 amide bonds. The van der Waals surface area contributed by atoms with Gasteiger partial charge in [-0.05, 0) is 55.3 Å². The Bertz CT molecular complexity index is 615. The number of hydrogen-bond donors (Lipinski definition) is 1. The SMILES string of the molecule is CC1CCN(CC(O)COc2ccc(Oc3ccccc3)cc2)C1. The van der Waals surface area contributed by atoms with E-state index in [4.69, 9.17) is 9.47 Å². The van der Waals surface area contributed by atoms with Gasteiger partial charge in [-0.1, -0.05) is 25.1 Å². The summed E-state index contributed by atoms with van der Waals surface area (Å²) in [4.78, 5) is 2.30. The molecule has 128 valence electrons. The Morgan fingerprint density at radius 3 is 2.38 bits per heavy atom. The maximum atomic E-state index is 10.1. The molecule has 4 nitrogen and oxygen atoms in total. The van der Waals surface area contributed by atoms with Gasteiger partial charge in [0.05, 0.1) is 0 Å². The van der Waals surface area contributed by atoms with Crippen LogP contribution in [0, 0.1) is 5.92 Å². The molecule has 1 saturated heterocycles. The van der Waals surface area contributed by atoms with Crippen molar-refractivity contribution in [2.45, 2.75) is 19.4 Å². The van der Waals surface area contributed by atoms with Gasteiger partial charge in [0, 0.05) is 13.1 Å². The molecule has 0 bridgehead atoms. The van der Waals surface area contributed by atoms with Crippen molar-refractivity contribution >= 4 is 0 Å². The zero-order valence-corrected chi connectivity index (χ0v) is 14.1. The summed E-state index contributed by atoms with van der Waals surface area (Å²) in [6, 6.07) is 17.1. The average molecular weight is 327 g/mol. The van der Waals surface area contributed by atoms with E-state index in [0.717, 1.165) is 36.3 Å². The Kier molecular flexibility index (Phi) is 5.72. The fourth-order valence-corrected chi connectivity index (χ4v) is 2.96. The van der Waals surface area contributed by atoms with Gasteiger partial charge in [-0.3, -0.25) is 0 Å². The fraction of sp³-hybridized carbons (Fsp3) is 0.400. The number of benzene rings is 2. The Balaban J connectivity index is 1.44. The molecule has 0 saturated carbocycles. The van der Waals surface area contributed by atoms with Gasteiger partial charge >= 0.3 is 0 Å². The zero-order valence-electron chi connectivity index (χ0n) is 14.1. The van der Waals surface area contributed by atoms with Crippen molar-refractivity contribution in [2.24, 2.45) is 5.92 Å². The minimum absolute atomic E-state index is 0.309. The van der Waals surface area contributed by atoms with Crippen LogP contribution in [0.4, 0.5) is 0 Å². The van der Waals surface area contributed by atoms with Gasteiger partial charge in [-0.15, -0.1) is 0 Å². The van der Waals surface area contributed by atoms with Gasteiger partial charge in [0.2, 0.25) is 0 Å². The molecule has 1 fully saturated rings. The Labute approximate surface area is 143 Å². The number of ether oxygens (including phenoxy) is 2. The van der Waals surface area contributed by atoms with Crippen LogP contribution in [0.5, 0.6) is 17.2 Å². The lowest BCUT2D eigenvalue weighted by molar-refractivity contribution is 0.0749. The van der Waals surface area contributed by atoms with Crippen molar-refractivity contribution in [2.75, 3.05) is 26.2 Å². The van der Waals surface area contributed by atoms with E-state index in [1.165, 1.54) is 6.42 Å². The van der Waals surface area contributed by atoms with Crippen molar-refractivity contribution in [3.8, 4) is 17.2 Å². The van der Waals surface area contributed by atoms with Crippen LogP contribution in [0.1, 0.15) is 13.3 Å². The second kappa shape index (κ2) is 8.18. The lowest BCUT2D eigenvalue weighted by Crippen LogP contribution is -2.34. The van der Waals surface area contributed by atoms with Gasteiger partial charge in [-0.2, -0.15) is 0 Å². The first-order valence-electron chi connectivity index (χ1n) is 8.55. The number of para-hydroxylation sites is 1. The highest BCUT2D eigenvalue weighted by molar-refractivity contribution is 5.35. The van der Waals surface area contributed by atoms with Crippen molar-refractivity contribution in [1.82, 2.24) is 4.90 Å². The predicted octanol–water partition coefficient (Wildman–Crippen LogP) is 3.56. The molecule has 1 aliphatic rings. The fourth-order valence-electron chi connectivity index (χ4n) is 2.96. The van der Waals surface area contributed by atoms with E-state index < -0.39 is 6.10 Å². The molecule has 2 aromatic carbocycles. The highest BCUT2D eigenvalue weighted by Crippen LogP contribution is 2.23. The number of likely N-dealkylation sites (tertiary alicyclic amines) is 1. The van der Waals surface area contributed by atoms with Crippen LogP contribution in [-0.4, -0.2) is 42.4 Å². The van der Waals surface area contributed by atoms with Gasteiger partial charge in [0.1, 0.15) is 30.0 Å². The normalized spacial score (nSPS) is 19.2. The molecule has 4 heteroatoms. The van der Waals surface area contributed by atoms with E-state index in [-0.39, 0.29) is 0 Å². The minimum atomic E-state index is -0.462. The van der Waals surface area contributed by atoms with Crippen LogP contribution in [0.2, 0.25) is 0 Å². The van der Waals surface area contributed by atoms with Crippen LogP contribution < -0.4 is 9.47 Å². The summed E-state index contributed by atoms with van der Waals surface area (Å²) in [6.07, 6.45) is 0.756. The smallest absolute Gasteiger partial charge is 0.127 e. The molecule has 0 aliphatic carbocycles. The summed E-state index contributed by atoms with van der Waals surface area (Å²) in [5, 5.41) is 10.1. The van der Waals surface area contributed by atoms with Crippen molar-refractivity contribution < 1.29 is 14.6 Å². The van der Waals surface area contributed by atoms with Crippen molar-refractivity contribution in [3.05, 3.63) is 54.6 Å². The third kappa shape index (κ3) is 4.98. The summed E-state index contributed by atoms with van der Waals surface area (Å²) in [5.74, 6) is 3.04. The van der Waals surface area contributed by atoms with Crippen LogP contribution in [0.15, 0.2) is 54.6 Å². The third-order valence-corrected chi connectivity index (χ3v) is 4.22. The van der Waals surface area contributed by atoms with E-state index in [1.807, 2.05) is 54.6 Å². The highest BCUT2D eigenvalue weighted by atomic mass is 16.5. The Morgan fingerprint density at radius 1 is 1.04 bits per heavy atom. The maximum absolute atomic E-state index is 10.1. The molecule has 2 unspecified atom stereocenters. The molecule has 1 aliphatic heterocycles. The van der Waals surface area contributed by atoms with E-state index in [9.17, 15) is 5.11 Å². The van der Waals surface area contributed by atoms with Gasteiger partial charge in [-0.25, -0.2) is 0 Å². The highest BCUT2D eigenvalue weighted by Gasteiger charge is 2.21. The standard InChI is InChI=1S/C20H25NO3/c1-16-11-12-21(13-16)14-17(22)15-23-18-7-9-20(10-8-18)24-19-5-3-2-4-6-19/h2-10,16-17,22H,11-15H2,1H3. The van der Waals surface area contributed by atoms with E-state index in [2.05, 4.69) is 11.8 Å². The zero-order chi connectivity index (χ0) is 16.8. The quantitative estimate of drug-likeness (QED) is 0.844. The molecule has 24 heavy (non-hydrogen) atoms. The van der Waals surface area contributed by atoms with Crippen LogP contribution in [0.25, 0.3) is 0 Å². The first-order valence-corrected chi connectivity index (χ1v) is 8.55. The topological polar surface area (TPSA) is 41.9 Å². The molecule has 0 aromatic heterocycles. The van der Waals surface area contributed by atoms with E-state index in [0.29, 0.717) is 13.2 Å². The summed E-state index contributed by atoms with van der Waals surface area (Å²) in [5.41, 5.74) is 0. The number of aliphatic hydroxyl groups is 1. The second-order valence-corrected chi connectivity index (χ2v) is 6.50. The lowest BCUT2D eigenvalue weighted by Gasteiger charge is -2.20. The summed E-state index contributed by atoms with van der Waals surface area (Å²) in [6.45, 7) is 5.39. The predicted molar refractivity (Wildman–Crippen MR) is 94.7 cm³/mol. The number of aliphatic hydroxyl groups excluding tert-OH is 1. The molecule has 0 spiro atoms. The summed E-state index contributed by atoms with van der Waals surface area (Å²) < 4.78 is 11.4. The van der Waals surface area contributed by atoms with Gasteiger partial charge < -0.3 is 19.5 Å². The number of hydrogen-bond acceptors (Lipinski definition) is 4. The van der Waals surface area contributed by atoms with E-state index in [1.54, 1.807) is 0 Å². The third-order valence-electron chi connectivity index (χ3n) is 4.22. The number of β-amino-alcohol motifs (C(OH)–C–C–N with tert-alkyl or cyclic N) is 1. The number of rotatable bonds is 7. The van der Waals surface area contributed by atoms with Crippen LogP contribution in [0.3, 0.4) is 0 Å². The minimum Gasteiger partial charge on any atom is -0.491 e. The molecular formula is C20H25NO3. The number of nitrogens with zero attached hydrogens (tertiary/aromatic N) is 1. The summed E-state index contributed by atoms with van der Waals surface area (Å²) in [7, 11) is 0.